The van der Waals surface area contributed by atoms with Gasteiger partial charge in [-0.25, -0.2) is 4.98 Å². The molecule has 1 aliphatic heterocycles. The highest BCUT2D eigenvalue weighted by molar-refractivity contribution is 6.04. The maximum Gasteiger partial charge on any atom is 0.272 e. The fraction of sp³-hybridized carbons (Fsp3) is 0.688. The average Bonchev–Trinajstić information content (AvgIpc) is 3.01. The predicted molar refractivity (Wildman–Crippen MR) is 88.4 cm³/mol. The molecule has 0 saturated carbocycles. The van der Waals surface area contributed by atoms with Crippen LogP contribution in [0.15, 0.2) is 6.33 Å². The number of aromatic amines is 1. The Labute approximate surface area is 137 Å². The zero-order valence-corrected chi connectivity index (χ0v) is 14.5. The molecule has 1 aromatic heterocycles. The second kappa shape index (κ2) is 7.12. The fourth-order valence-electron chi connectivity index (χ4n) is 2.48. The van der Waals surface area contributed by atoms with Crippen LogP contribution in [0.3, 0.4) is 0 Å². The van der Waals surface area contributed by atoms with Crippen LogP contribution in [-0.4, -0.2) is 70.9 Å². The molecule has 128 valence electrons. The Balaban J connectivity index is 2.02. The Morgan fingerprint density at radius 1 is 1.26 bits per heavy atom. The molecule has 7 nitrogen and oxygen atoms in total. The van der Waals surface area contributed by atoms with Crippen molar-refractivity contribution in [2.75, 3.05) is 39.3 Å². The number of carbonyl (C=O) groups is 2. The molecule has 0 spiro atoms. The van der Waals surface area contributed by atoms with Crippen LogP contribution < -0.4 is 5.32 Å². The largest absolute Gasteiger partial charge is 0.350 e. The number of hydrogen-bond donors (Lipinski definition) is 2. The number of imidazole rings is 1. The van der Waals surface area contributed by atoms with Gasteiger partial charge in [0.1, 0.15) is 5.69 Å². The van der Waals surface area contributed by atoms with E-state index in [0.29, 0.717) is 19.6 Å². The number of likely N-dealkylation sites (N-methyl/N-ethyl adjacent to an activating group) is 1. The van der Waals surface area contributed by atoms with Crippen molar-refractivity contribution in [2.24, 2.45) is 5.41 Å². The molecule has 0 unspecified atom stereocenters. The van der Waals surface area contributed by atoms with Gasteiger partial charge in [-0.2, -0.15) is 0 Å². The van der Waals surface area contributed by atoms with Gasteiger partial charge in [-0.1, -0.05) is 27.7 Å². The molecular weight excluding hydrogens is 294 g/mol. The maximum absolute atomic E-state index is 12.6. The van der Waals surface area contributed by atoms with E-state index < -0.39 is 0 Å². The van der Waals surface area contributed by atoms with Crippen LogP contribution in [0.25, 0.3) is 0 Å². The highest BCUT2D eigenvalue weighted by atomic mass is 16.2. The van der Waals surface area contributed by atoms with Gasteiger partial charge in [0.25, 0.3) is 11.8 Å². The van der Waals surface area contributed by atoms with Crippen LogP contribution in [0.5, 0.6) is 0 Å². The summed E-state index contributed by atoms with van der Waals surface area (Å²) in [5, 5.41) is 2.84. The molecule has 0 aromatic carbocycles. The smallest absolute Gasteiger partial charge is 0.272 e. The van der Waals surface area contributed by atoms with Gasteiger partial charge in [0, 0.05) is 32.7 Å². The van der Waals surface area contributed by atoms with Crippen molar-refractivity contribution in [3.05, 3.63) is 17.7 Å². The molecule has 2 rings (SSSR count). The molecule has 1 fully saturated rings. The third kappa shape index (κ3) is 4.54. The van der Waals surface area contributed by atoms with Crippen molar-refractivity contribution in [3.63, 3.8) is 0 Å². The number of nitrogens with one attached hydrogen (secondary N) is 2. The van der Waals surface area contributed by atoms with Gasteiger partial charge >= 0.3 is 0 Å². The van der Waals surface area contributed by atoms with Crippen molar-refractivity contribution in [1.29, 1.82) is 0 Å². The average molecular weight is 321 g/mol. The topological polar surface area (TPSA) is 81.3 Å². The Morgan fingerprint density at radius 2 is 1.91 bits per heavy atom. The van der Waals surface area contributed by atoms with E-state index in [1.54, 1.807) is 4.90 Å². The van der Waals surface area contributed by atoms with Gasteiger partial charge in [-0.15, -0.1) is 0 Å². The lowest BCUT2D eigenvalue weighted by Crippen LogP contribution is -2.49. The summed E-state index contributed by atoms with van der Waals surface area (Å²) in [5.41, 5.74) is 0.436. The summed E-state index contributed by atoms with van der Waals surface area (Å²) in [6.07, 6.45) is 1.40. The predicted octanol–water partition coefficient (Wildman–Crippen LogP) is 0.963. The molecule has 0 aliphatic carbocycles. The van der Waals surface area contributed by atoms with E-state index >= 15 is 0 Å². The van der Waals surface area contributed by atoms with Crippen LogP contribution in [0.2, 0.25) is 0 Å². The Hall–Kier alpha value is -1.89. The van der Waals surface area contributed by atoms with Crippen LogP contribution >= 0.6 is 0 Å². The minimum atomic E-state index is -0.309. The summed E-state index contributed by atoms with van der Waals surface area (Å²) in [6, 6.07) is 0. The Bertz CT molecular complexity index is 553. The molecule has 2 N–H and O–H groups in total. The first-order chi connectivity index (χ1) is 10.8. The van der Waals surface area contributed by atoms with E-state index in [4.69, 9.17) is 0 Å². The Morgan fingerprint density at radius 3 is 2.48 bits per heavy atom. The zero-order chi connectivity index (χ0) is 17.0. The van der Waals surface area contributed by atoms with Crippen LogP contribution in [0.1, 0.15) is 48.7 Å². The van der Waals surface area contributed by atoms with Crippen molar-refractivity contribution in [3.8, 4) is 0 Å². The van der Waals surface area contributed by atoms with Gasteiger partial charge in [0.05, 0.1) is 6.33 Å². The number of H-pyrrole nitrogens is 1. The summed E-state index contributed by atoms with van der Waals surface area (Å²) in [4.78, 5) is 35.9. The summed E-state index contributed by atoms with van der Waals surface area (Å²) in [5.74, 6) is -0.462. The van der Waals surface area contributed by atoms with Gasteiger partial charge in [0.2, 0.25) is 0 Å². The maximum atomic E-state index is 12.6. The highest BCUT2D eigenvalue weighted by Crippen LogP contribution is 2.13. The first-order valence-corrected chi connectivity index (χ1v) is 8.15. The Kier molecular flexibility index (Phi) is 5.41. The number of piperazine rings is 1. The standard InChI is InChI=1S/C16H27N5O2/c1-5-20-6-8-21(9-7-20)15(23)13-12(18-11-19-13)14(22)17-10-16(2,3)4/h11H,5-10H2,1-4H3,(H,17,22)(H,18,19). The van der Waals surface area contributed by atoms with Crippen molar-refractivity contribution < 1.29 is 9.59 Å². The molecule has 1 saturated heterocycles. The summed E-state index contributed by atoms with van der Waals surface area (Å²) in [6.45, 7) is 12.8. The first-order valence-electron chi connectivity index (χ1n) is 8.15. The lowest BCUT2D eigenvalue weighted by atomic mass is 9.97. The fourth-order valence-corrected chi connectivity index (χ4v) is 2.48. The van der Waals surface area contributed by atoms with Crippen LogP contribution in [0, 0.1) is 5.41 Å². The number of aromatic nitrogens is 2. The summed E-state index contributed by atoms with van der Waals surface area (Å²) in [7, 11) is 0. The summed E-state index contributed by atoms with van der Waals surface area (Å²) < 4.78 is 0. The molecule has 1 aliphatic rings. The monoisotopic (exact) mass is 321 g/mol. The van der Waals surface area contributed by atoms with E-state index in [2.05, 4.69) is 27.1 Å². The highest BCUT2D eigenvalue weighted by Gasteiger charge is 2.27. The van der Waals surface area contributed by atoms with E-state index in [-0.39, 0.29) is 28.6 Å². The second-order valence-corrected chi connectivity index (χ2v) is 7.10. The van der Waals surface area contributed by atoms with E-state index in [1.807, 2.05) is 20.8 Å². The number of rotatable bonds is 4. The van der Waals surface area contributed by atoms with Gasteiger partial charge in [0.15, 0.2) is 5.69 Å². The third-order valence-corrected chi connectivity index (χ3v) is 3.95. The quantitative estimate of drug-likeness (QED) is 0.865. The SMILES string of the molecule is CCN1CCN(C(=O)c2[nH]cnc2C(=O)NCC(C)(C)C)CC1. The van der Waals surface area contributed by atoms with E-state index in [1.165, 1.54) is 6.33 Å². The molecule has 1 aromatic rings. The number of carbonyl (C=O) groups excluding carboxylic acids is 2. The molecule has 0 atom stereocenters. The second-order valence-electron chi connectivity index (χ2n) is 7.10. The lowest BCUT2D eigenvalue weighted by molar-refractivity contribution is 0.0633. The lowest BCUT2D eigenvalue weighted by Gasteiger charge is -2.33. The minimum Gasteiger partial charge on any atom is -0.350 e. The third-order valence-electron chi connectivity index (χ3n) is 3.95. The van der Waals surface area contributed by atoms with Gasteiger partial charge < -0.3 is 20.1 Å². The molecule has 0 bridgehead atoms. The molecule has 2 amide bonds. The van der Waals surface area contributed by atoms with Crippen molar-refractivity contribution >= 4 is 11.8 Å². The normalized spacial score (nSPS) is 16.4. The first kappa shape index (κ1) is 17.5. The van der Waals surface area contributed by atoms with E-state index in [0.717, 1.165) is 19.6 Å². The minimum absolute atomic E-state index is 0.0212. The van der Waals surface area contributed by atoms with Gasteiger partial charge in [-0.05, 0) is 12.0 Å². The van der Waals surface area contributed by atoms with Crippen LogP contribution in [0.4, 0.5) is 0 Å². The molecule has 0 radical (unpaired) electrons. The van der Waals surface area contributed by atoms with Crippen LogP contribution in [-0.2, 0) is 0 Å². The van der Waals surface area contributed by atoms with Crippen molar-refractivity contribution in [2.45, 2.75) is 27.7 Å². The zero-order valence-electron chi connectivity index (χ0n) is 14.5. The summed E-state index contributed by atoms with van der Waals surface area (Å²) >= 11 is 0. The number of hydrogen-bond acceptors (Lipinski definition) is 4. The molecule has 23 heavy (non-hydrogen) atoms. The number of nitrogens with zero attached hydrogens (tertiary/aromatic N) is 3. The van der Waals surface area contributed by atoms with E-state index in [9.17, 15) is 9.59 Å². The van der Waals surface area contributed by atoms with Crippen molar-refractivity contribution in [1.82, 2.24) is 25.1 Å². The molecule has 2 heterocycles. The van der Waals surface area contributed by atoms with Gasteiger partial charge in [-0.3, -0.25) is 9.59 Å². The molecular formula is C16H27N5O2. The number of amides is 2. The molecule has 7 heteroatoms.